The number of halogens is 1. The minimum Gasteiger partial charge on any atom is -0.337 e. The highest BCUT2D eigenvalue weighted by molar-refractivity contribution is 7.92. The third-order valence-corrected chi connectivity index (χ3v) is 7.11. The SMILES string of the molecule is CN(Cc1cccs1)C(=O)c1cccc(S(=O)(=O)N(C)c2cccc(Cl)c2)c1. The fraction of sp³-hybridized carbons (Fsp3) is 0.150. The molecule has 5 nitrogen and oxygen atoms in total. The number of hydrogen-bond acceptors (Lipinski definition) is 4. The van der Waals surface area contributed by atoms with Gasteiger partial charge in [0.2, 0.25) is 0 Å². The van der Waals surface area contributed by atoms with Crippen molar-refractivity contribution in [3.63, 3.8) is 0 Å². The molecule has 0 saturated carbocycles. The summed E-state index contributed by atoms with van der Waals surface area (Å²) in [5.41, 5.74) is 0.763. The van der Waals surface area contributed by atoms with Gasteiger partial charge < -0.3 is 4.90 Å². The van der Waals surface area contributed by atoms with Crippen LogP contribution in [0.15, 0.2) is 70.9 Å². The van der Waals surface area contributed by atoms with Gasteiger partial charge in [-0.3, -0.25) is 9.10 Å². The summed E-state index contributed by atoms with van der Waals surface area (Å²) in [7, 11) is -0.682. The van der Waals surface area contributed by atoms with Crippen molar-refractivity contribution >= 4 is 44.6 Å². The zero-order valence-corrected chi connectivity index (χ0v) is 17.8. The summed E-state index contributed by atoms with van der Waals surface area (Å²) in [6.45, 7) is 0.468. The minimum absolute atomic E-state index is 0.0466. The fourth-order valence-electron chi connectivity index (χ4n) is 2.69. The molecule has 0 bridgehead atoms. The number of nitrogens with zero attached hydrogens (tertiary/aromatic N) is 2. The molecule has 1 aromatic heterocycles. The van der Waals surface area contributed by atoms with E-state index >= 15 is 0 Å². The van der Waals surface area contributed by atoms with Gasteiger partial charge in [0.05, 0.1) is 17.1 Å². The molecule has 1 amide bonds. The maximum Gasteiger partial charge on any atom is 0.264 e. The van der Waals surface area contributed by atoms with Gasteiger partial charge in [0.15, 0.2) is 0 Å². The van der Waals surface area contributed by atoms with Crippen LogP contribution in [0.25, 0.3) is 0 Å². The van der Waals surface area contributed by atoms with Crippen molar-refractivity contribution in [3.05, 3.63) is 81.5 Å². The van der Waals surface area contributed by atoms with Crippen LogP contribution < -0.4 is 4.31 Å². The van der Waals surface area contributed by atoms with Crippen LogP contribution in [-0.4, -0.2) is 33.3 Å². The standard InChI is InChI=1S/C20H19ClN2O3S2/c1-22(14-18-9-5-11-27-18)20(24)15-6-3-10-19(12-15)28(25,26)23(2)17-8-4-7-16(21)13-17/h3-13H,14H2,1-2H3. The lowest BCUT2D eigenvalue weighted by Gasteiger charge is -2.21. The van der Waals surface area contributed by atoms with Gasteiger partial charge >= 0.3 is 0 Å². The van der Waals surface area contributed by atoms with Crippen molar-refractivity contribution in [3.8, 4) is 0 Å². The summed E-state index contributed by atoms with van der Waals surface area (Å²) in [4.78, 5) is 15.4. The molecule has 8 heteroatoms. The number of anilines is 1. The van der Waals surface area contributed by atoms with Crippen LogP contribution in [0.5, 0.6) is 0 Å². The topological polar surface area (TPSA) is 57.7 Å². The van der Waals surface area contributed by atoms with Gasteiger partial charge in [0.25, 0.3) is 15.9 Å². The number of benzene rings is 2. The van der Waals surface area contributed by atoms with Gasteiger partial charge in [-0.1, -0.05) is 29.8 Å². The Balaban J connectivity index is 1.86. The number of hydrogen-bond donors (Lipinski definition) is 0. The van der Waals surface area contributed by atoms with Gasteiger partial charge in [0, 0.05) is 29.6 Å². The van der Waals surface area contributed by atoms with E-state index in [1.807, 2.05) is 17.5 Å². The molecule has 0 radical (unpaired) electrons. The molecule has 0 saturated heterocycles. The molecule has 0 aliphatic carbocycles. The second kappa shape index (κ2) is 8.34. The summed E-state index contributed by atoms with van der Waals surface area (Å²) < 4.78 is 27.2. The largest absolute Gasteiger partial charge is 0.337 e. The fourth-order valence-corrected chi connectivity index (χ4v) is 4.86. The summed E-state index contributed by atoms with van der Waals surface area (Å²) in [6, 6.07) is 16.5. The Kier molecular flexibility index (Phi) is 6.07. The zero-order chi connectivity index (χ0) is 20.3. The van der Waals surface area contributed by atoms with Crippen molar-refractivity contribution in [1.82, 2.24) is 4.90 Å². The van der Waals surface area contributed by atoms with Crippen molar-refractivity contribution in [1.29, 1.82) is 0 Å². The van der Waals surface area contributed by atoms with E-state index in [4.69, 9.17) is 11.6 Å². The second-order valence-electron chi connectivity index (χ2n) is 6.22. The Morgan fingerprint density at radius 1 is 1.04 bits per heavy atom. The van der Waals surface area contributed by atoms with Gasteiger partial charge in [-0.15, -0.1) is 11.3 Å². The second-order valence-corrected chi connectivity index (χ2v) is 9.66. The summed E-state index contributed by atoms with van der Waals surface area (Å²) in [5, 5.41) is 2.39. The van der Waals surface area contributed by atoms with Crippen molar-refractivity contribution in [2.45, 2.75) is 11.4 Å². The Hall–Kier alpha value is -2.35. The first-order valence-electron chi connectivity index (χ1n) is 8.41. The quantitative estimate of drug-likeness (QED) is 0.574. The molecule has 0 aliphatic rings. The molecule has 0 fully saturated rings. The lowest BCUT2D eigenvalue weighted by Crippen LogP contribution is -2.28. The number of amides is 1. The predicted molar refractivity (Wildman–Crippen MR) is 114 cm³/mol. The minimum atomic E-state index is -3.83. The summed E-state index contributed by atoms with van der Waals surface area (Å²) in [6.07, 6.45) is 0. The van der Waals surface area contributed by atoms with Crippen LogP contribution >= 0.6 is 22.9 Å². The van der Waals surface area contributed by atoms with E-state index in [0.717, 1.165) is 9.18 Å². The lowest BCUT2D eigenvalue weighted by atomic mass is 10.2. The number of carbonyl (C=O) groups is 1. The van der Waals surface area contributed by atoms with Crippen LogP contribution in [0.3, 0.4) is 0 Å². The molecule has 0 atom stereocenters. The monoisotopic (exact) mass is 434 g/mol. The zero-order valence-electron chi connectivity index (χ0n) is 15.4. The van der Waals surface area contributed by atoms with Crippen LogP contribution in [0.2, 0.25) is 5.02 Å². The van der Waals surface area contributed by atoms with Crippen LogP contribution in [0.4, 0.5) is 5.69 Å². The molecule has 2 aromatic carbocycles. The molecular formula is C20H19ClN2O3S2. The number of carbonyl (C=O) groups excluding carboxylic acids is 1. The number of rotatable bonds is 6. The summed E-state index contributed by atoms with van der Waals surface area (Å²) in [5.74, 6) is -0.240. The normalized spacial score (nSPS) is 11.2. The molecule has 0 N–H and O–H groups in total. The van der Waals surface area contributed by atoms with E-state index in [-0.39, 0.29) is 10.8 Å². The molecule has 1 heterocycles. The first-order chi connectivity index (χ1) is 13.3. The lowest BCUT2D eigenvalue weighted by molar-refractivity contribution is 0.0786. The van der Waals surface area contributed by atoms with Gasteiger partial charge in [-0.05, 0) is 47.8 Å². The van der Waals surface area contributed by atoms with E-state index in [9.17, 15) is 13.2 Å². The first-order valence-corrected chi connectivity index (χ1v) is 11.1. The number of thiophene rings is 1. The molecule has 0 aliphatic heterocycles. The van der Waals surface area contributed by atoms with Crippen LogP contribution in [0.1, 0.15) is 15.2 Å². The van der Waals surface area contributed by atoms with Gasteiger partial charge in [-0.25, -0.2) is 8.42 Å². The molecule has 0 unspecified atom stereocenters. The summed E-state index contributed by atoms with van der Waals surface area (Å²) >= 11 is 7.54. The molecule has 3 aromatic rings. The highest BCUT2D eigenvalue weighted by Gasteiger charge is 2.23. The molecule has 3 rings (SSSR count). The third-order valence-electron chi connectivity index (χ3n) is 4.23. The molecule has 146 valence electrons. The Morgan fingerprint density at radius 3 is 2.46 bits per heavy atom. The predicted octanol–water partition coefficient (Wildman–Crippen LogP) is 4.50. The van der Waals surface area contributed by atoms with Crippen molar-refractivity contribution in [2.75, 3.05) is 18.4 Å². The van der Waals surface area contributed by atoms with Crippen LogP contribution in [-0.2, 0) is 16.6 Å². The van der Waals surface area contributed by atoms with Crippen molar-refractivity contribution in [2.24, 2.45) is 0 Å². The highest BCUT2D eigenvalue weighted by Crippen LogP contribution is 2.25. The Labute approximate surface area is 173 Å². The Morgan fingerprint density at radius 2 is 1.79 bits per heavy atom. The van der Waals surface area contributed by atoms with E-state index in [0.29, 0.717) is 22.8 Å². The van der Waals surface area contributed by atoms with Gasteiger partial charge in [-0.2, -0.15) is 0 Å². The highest BCUT2D eigenvalue weighted by atomic mass is 35.5. The van der Waals surface area contributed by atoms with E-state index < -0.39 is 10.0 Å². The smallest absolute Gasteiger partial charge is 0.264 e. The Bertz CT molecular complexity index is 1080. The number of sulfonamides is 1. The van der Waals surface area contributed by atoms with Gasteiger partial charge in [0.1, 0.15) is 0 Å². The van der Waals surface area contributed by atoms with E-state index in [1.165, 1.54) is 19.2 Å². The van der Waals surface area contributed by atoms with Crippen molar-refractivity contribution < 1.29 is 13.2 Å². The van der Waals surface area contributed by atoms with Crippen LogP contribution in [0, 0.1) is 0 Å². The maximum absolute atomic E-state index is 13.0. The maximum atomic E-state index is 13.0. The molecule has 0 spiro atoms. The average molecular weight is 435 g/mol. The average Bonchev–Trinajstić information content (AvgIpc) is 3.19. The van der Waals surface area contributed by atoms with E-state index in [1.54, 1.807) is 59.7 Å². The van der Waals surface area contributed by atoms with E-state index in [2.05, 4.69) is 0 Å². The molecule has 28 heavy (non-hydrogen) atoms. The third kappa shape index (κ3) is 4.38. The first kappa shape index (κ1) is 20.4. The molecular weight excluding hydrogens is 416 g/mol.